The van der Waals surface area contributed by atoms with E-state index in [1.54, 1.807) is 50.2 Å². The third-order valence-corrected chi connectivity index (χ3v) is 9.10. The summed E-state index contributed by atoms with van der Waals surface area (Å²) in [5.41, 5.74) is 2.49. The zero-order valence-electron chi connectivity index (χ0n) is 27.3. The minimum atomic E-state index is -1.30. The highest BCUT2D eigenvalue weighted by Crippen LogP contribution is 2.40. The van der Waals surface area contributed by atoms with Crippen LogP contribution in [0.1, 0.15) is 19.4 Å². The van der Waals surface area contributed by atoms with Crippen molar-refractivity contribution in [3.05, 3.63) is 127 Å². The highest BCUT2D eigenvalue weighted by molar-refractivity contribution is 6.07. The third kappa shape index (κ3) is 5.80. The molecule has 1 saturated heterocycles. The van der Waals surface area contributed by atoms with E-state index < -0.39 is 36.2 Å². The van der Waals surface area contributed by atoms with E-state index in [2.05, 4.69) is 15.8 Å². The van der Waals surface area contributed by atoms with Gasteiger partial charge >= 0.3 is 12.1 Å². The molecule has 5 amide bonds. The second kappa shape index (κ2) is 12.9. The number of fused-ring (bicyclic) bond motifs is 3. The van der Waals surface area contributed by atoms with E-state index in [0.717, 1.165) is 32.3 Å². The number of benzene rings is 6. The molecule has 0 saturated carbocycles. The molecule has 0 aromatic heterocycles. The molecule has 1 fully saturated rings. The van der Waals surface area contributed by atoms with E-state index in [-0.39, 0.29) is 5.75 Å². The first kappa shape index (κ1) is 32.1. The van der Waals surface area contributed by atoms with Gasteiger partial charge in [0.15, 0.2) is 6.17 Å². The average Bonchev–Trinajstić information content (AvgIpc) is 3.31. The van der Waals surface area contributed by atoms with Crippen molar-refractivity contribution in [2.75, 3.05) is 16.8 Å². The fourth-order valence-corrected chi connectivity index (χ4v) is 6.59. The molecule has 0 bridgehead atoms. The summed E-state index contributed by atoms with van der Waals surface area (Å²) in [5, 5.41) is 34.5. The van der Waals surface area contributed by atoms with E-state index in [1.165, 1.54) is 16.0 Å². The molecule has 1 heterocycles. The topological polar surface area (TPSA) is 138 Å². The van der Waals surface area contributed by atoms with Crippen LogP contribution in [-0.2, 0) is 4.79 Å². The van der Waals surface area contributed by atoms with Gasteiger partial charge in [-0.05, 0) is 59.7 Å². The number of anilines is 2. The molecule has 6 aromatic rings. The molecule has 250 valence electrons. The second-order valence-corrected chi connectivity index (χ2v) is 12.6. The van der Waals surface area contributed by atoms with E-state index in [4.69, 9.17) is 0 Å². The Labute approximate surface area is 287 Å². The van der Waals surface area contributed by atoms with Gasteiger partial charge in [0.25, 0.3) is 5.91 Å². The number of urea groups is 2. The number of nitrogens with one attached hydrogen (secondary N) is 2. The number of hydroxylamine groups is 2. The van der Waals surface area contributed by atoms with Crippen molar-refractivity contribution in [1.82, 2.24) is 15.4 Å². The average molecular weight is 667 g/mol. The number of amides is 5. The molecule has 1 atom stereocenters. The van der Waals surface area contributed by atoms with Gasteiger partial charge in [-0.15, -0.1) is 0 Å². The van der Waals surface area contributed by atoms with Crippen molar-refractivity contribution in [3.63, 3.8) is 0 Å². The molecular formula is C39H34N6O5. The van der Waals surface area contributed by atoms with Crippen LogP contribution < -0.4 is 15.6 Å². The fraction of sp³-hybridized carbons (Fsp3) is 0.128. The van der Waals surface area contributed by atoms with E-state index >= 15 is 0 Å². The number of aromatic hydroxyl groups is 1. The van der Waals surface area contributed by atoms with Crippen LogP contribution in [0.25, 0.3) is 32.3 Å². The lowest BCUT2D eigenvalue weighted by Gasteiger charge is -2.38. The Morgan fingerprint density at radius 2 is 1.40 bits per heavy atom. The number of rotatable bonds is 7. The molecule has 11 heteroatoms. The molecule has 4 N–H and O–H groups in total. The van der Waals surface area contributed by atoms with Gasteiger partial charge in [0.1, 0.15) is 12.3 Å². The van der Waals surface area contributed by atoms with Crippen molar-refractivity contribution in [2.45, 2.75) is 25.6 Å². The largest absolute Gasteiger partial charge is 0.507 e. The first-order valence-corrected chi connectivity index (χ1v) is 16.0. The van der Waals surface area contributed by atoms with E-state index in [0.29, 0.717) is 22.0 Å². The summed E-state index contributed by atoms with van der Waals surface area (Å²) in [6.45, 7) is 2.92. The SMILES string of the molecule is CC1(C)C(N(O)C(=O)Nc2cccc3ccccc23)N(c2cccc3ccccc23)C(=O)N1CC(=O)N/N=C/c1cc2ccccc2cc1O. The van der Waals surface area contributed by atoms with Gasteiger partial charge in [-0.1, -0.05) is 97.1 Å². The van der Waals surface area contributed by atoms with Crippen LogP contribution in [-0.4, -0.2) is 62.7 Å². The first-order valence-electron chi connectivity index (χ1n) is 16.0. The summed E-state index contributed by atoms with van der Waals surface area (Å²) in [6.07, 6.45) is 0.0659. The normalized spacial score (nSPS) is 15.7. The summed E-state index contributed by atoms with van der Waals surface area (Å²) >= 11 is 0. The number of nitrogens with zero attached hydrogens (tertiary/aromatic N) is 4. The van der Waals surface area contributed by atoms with Crippen molar-refractivity contribution < 1.29 is 24.7 Å². The molecule has 0 aliphatic carbocycles. The number of hydrogen-bond acceptors (Lipinski definition) is 6. The van der Waals surface area contributed by atoms with Gasteiger partial charge in [0.05, 0.1) is 23.1 Å². The molecule has 11 nitrogen and oxygen atoms in total. The number of phenols is 1. The minimum Gasteiger partial charge on any atom is -0.507 e. The summed E-state index contributed by atoms with van der Waals surface area (Å²) in [7, 11) is 0. The van der Waals surface area contributed by atoms with Gasteiger partial charge in [-0.3, -0.25) is 14.9 Å². The van der Waals surface area contributed by atoms with Crippen molar-refractivity contribution in [2.24, 2.45) is 5.10 Å². The van der Waals surface area contributed by atoms with Crippen molar-refractivity contribution >= 4 is 67.9 Å². The Morgan fingerprint density at radius 3 is 2.12 bits per heavy atom. The molecule has 50 heavy (non-hydrogen) atoms. The molecule has 1 aliphatic rings. The highest BCUT2D eigenvalue weighted by atomic mass is 16.5. The van der Waals surface area contributed by atoms with Gasteiger partial charge < -0.3 is 15.3 Å². The Balaban J connectivity index is 1.18. The monoisotopic (exact) mass is 666 g/mol. The highest BCUT2D eigenvalue weighted by Gasteiger charge is 2.56. The van der Waals surface area contributed by atoms with Crippen LogP contribution in [0, 0.1) is 0 Å². The molecule has 7 rings (SSSR count). The van der Waals surface area contributed by atoms with Crippen LogP contribution in [0.5, 0.6) is 5.75 Å². The lowest BCUT2D eigenvalue weighted by molar-refractivity contribution is -0.124. The Hall–Kier alpha value is -6.46. The molecule has 6 aromatic carbocycles. The number of phenolic OH excluding ortho intramolecular Hbond substituents is 1. The lowest BCUT2D eigenvalue weighted by atomic mass is 9.99. The van der Waals surface area contributed by atoms with Gasteiger partial charge in [0, 0.05) is 16.3 Å². The molecular weight excluding hydrogens is 632 g/mol. The third-order valence-electron chi connectivity index (χ3n) is 9.10. The second-order valence-electron chi connectivity index (χ2n) is 12.6. The summed E-state index contributed by atoms with van der Waals surface area (Å²) < 4.78 is 0. The summed E-state index contributed by atoms with van der Waals surface area (Å²) in [4.78, 5) is 44.1. The van der Waals surface area contributed by atoms with Crippen LogP contribution in [0.4, 0.5) is 21.0 Å². The van der Waals surface area contributed by atoms with Crippen LogP contribution in [0.15, 0.2) is 126 Å². The number of carbonyl (C=O) groups is 3. The Morgan fingerprint density at radius 1 is 0.820 bits per heavy atom. The maximum Gasteiger partial charge on any atom is 0.347 e. The Kier molecular flexibility index (Phi) is 8.26. The van der Waals surface area contributed by atoms with Gasteiger partial charge in [-0.25, -0.2) is 15.0 Å². The molecule has 0 radical (unpaired) electrons. The molecule has 0 spiro atoms. The van der Waals surface area contributed by atoms with Crippen LogP contribution in [0.2, 0.25) is 0 Å². The number of hydrogen-bond donors (Lipinski definition) is 4. The smallest absolute Gasteiger partial charge is 0.347 e. The van der Waals surface area contributed by atoms with Crippen LogP contribution >= 0.6 is 0 Å². The van der Waals surface area contributed by atoms with E-state index in [1.807, 2.05) is 84.9 Å². The number of carbonyl (C=O) groups excluding carboxylic acids is 3. The van der Waals surface area contributed by atoms with Crippen LogP contribution in [0.3, 0.4) is 0 Å². The maximum atomic E-state index is 14.4. The van der Waals surface area contributed by atoms with E-state index in [9.17, 15) is 24.7 Å². The predicted molar refractivity (Wildman–Crippen MR) is 194 cm³/mol. The zero-order valence-corrected chi connectivity index (χ0v) is 27.3. The minimum absolute atomic E-state index is 0.00376. The zero-order chi connectivity index (χ0) is 35.0. The van der Waals surface area contributed by atoms with Gasteiger partial charge in [-0.2, -0.15) is 10.2 Å². The predicted octanol–water partition coefficient (Wildman–Crippen LogP) is 7.27. The number of hydrazone groups is 1. The Bertz CT molecular complexity index is 2310. The molecule has 1 unspecified atom stereocenters. The van der Waals surface area contributed by atoms with Crippen molar-refractivity contribution in [3.8, 4) is 5.75 Å². The first-order chi connectivity index (χ1) is 24.1. The maximum absolute atomic E-state index is 14.4. The molecule has 1 aliphatic heterocycles. The van der Waals surface area contributed by atoms with Gasteiger partial charge in [0.2, 0.25) is 0 Å². The standard InChI is InChI=1S/C39H34N6O5/c1-39(2)36(45(50)37(48)41-32-19-9-15-25-11-5-7-17-30(25)32)44(33-20-10-16-26-12-6-8-18-31(26)33)38(49)43(39)24-35(47)42-40-23-29-21-27-13-3-4-14-28(27)22-34(29)46/h3-23,36,46,50H,24H2,1-2H3,(H,41,48)(H,42,47)/b40-23+. The quantitative estimate of drug-likeness (QED) is 0.0807. The fourth-order valence-electron chi connectivity index (χ4n) is 6.59. The lowest BCUT2D eigenvalue weighted by Crippen LogP contribution is -2.58. The summed E-state index contributed by atoms with van der Waals surface area (Å²) in [6, 6.07) is 35.3. The van der Waals surface area contributed by atoms with Crippen molar-refractivity contribution in [1.29, 1.82) is 0 Å². The summed E-state index contributed by atoms with van der Waals surface area (Å²) in [5.74, 6) is -0.623.